The van der Waals surface area contributed by atoms with Gasteiger partial charge in [0.1, 0.15) is 5.70 Å². The number of carbonyl (C=O) groups excluding carboxylic acids is 2. The quantitative estimate of drug-likeness (QED) is 0.859. The normalized spacial score (nSPS) is 16.1. The van der Waals surface area contributed by atoms with Gasteiger partial charge in [-0.25, -0.2) is 4.90 Å². The lowest BCUT2D eigenvalue weighted by molar-refractivity contribution is -0.120. The van der Waals surface area contributed by atoms with Gasteiger partial charge in [-0.15, -0.1) is 0 Å². The summed E-state index contributed by atoms with van der Waals surface area (Å²) in [6.45, 7) is 4.08. The number of carbonyl (C=O) groups is 2. The van der Waals surface area contributed by atoms with E-state index in [-0.39, 0.29) is 24.3 Å². The standard InChI is InChI=1S/C20H18N2O4/c1-20(2,13-8-9-16-17(10-13)26-12-25-16)21-15-11-18(23)22(19(15)24)14-6-4-3-5-7-14/h3-11,21H,12H2,1-2H3. The summed E-state index contributed by atoms with van der Waals surface area (Å²) in [5.74, 6) is 0.650. The van der Waals surface area contributed by atoms with Crippen LogP contribution in [0.1, 0.15) is 19.4 Å². The van der Waals surface area contributed by atoms with Crippen molar-refractivity contribution in [3.05, 3.63) is 65.9 Å². The van der Waals surface area contributed by atoms with Crippen LogP contribution in [0.4, 0.5) is 5.69 Å². The van der Waals surface area contributed by atoms with Crippen molar-refractivity contribution in [2.75, 3.05) is 11.7 Å². The molecule has 2 aromatic rings. The number of nitrogens with zero attached hydrogens (tertiary/aromatic N) is 1. The van der Waals surface area contributed by atoms with Gasteiger partial charge in [0.05, 0.1) is 11.2 Å². The highest BCUT2D eigenvalue weighted by molar-refractivity contribution is 6.30. The van der Waals surface area contributed by atoms with Crippen LogP contribution < -0.4 is 19.7 Å². The maximum absolute atomic E-state index is 12.7. The second-order valence-electron chi connectivity index (χ2n) is 6.69. The second-order valence-corrected chi connectivity index (χ2v) is 6.69. The van der Waals surface area contributed by atoms with Crippen LogP contribution in [0.15, 0.2) is 60.3 Å². The van der Waals surface area contributed by atoms with Crippen molar-refractivity contribution < 1.29 is 19.1 Å². The first kappa shape index (κ1) is 16.2. The molecule has 0 aromatic heterocycles. The SMILES string of the molecule is CC(C)(NC1=CC(=O)N(c2ccccc2)C1=O)c1ccc2c(c1)OCO2. The van der Waals surface area contributed by atoms with E-state index in [1.807, 2.05) is 38.1 Å². The highest BCUT2D eigenvalue weighted by Gasteiger charge is 2.35. The molecule has 1 N–H and O–H groups in total. The van der Waals surface area contributed by atoms with Crippen molar-refractivity contribution in [1.82, 2.24) is 5.32 Å². The Labute approximate surface area is 151 Å². The van der Waals surface area contributed by atoms with Crippen molar-refractivity contribution in [3.8, 4) is 11.5 Å². The molecule has 0 saturated heterocycles. The number of hydrogen-bond donors (Lipinski definition) is 1. The second kappa shape index (κ2) is 5.91. The lowest BCUT2D eigenvalue weighted by Gasteiger charge is -2.28. The van der Waals surface area contributed by atoms with Gasteiger partial charge in [-0.1, -0.05) is 24.3 Å². The van der Waals surface area contributed by atoms with Crippen LogP contribution in [0.5, 0.6) is 11.5 Å². The highest BCUT2D eigenvalue weighted by atomic mass is 16.7. The molecule has 0 saturated carbocycles. The van der Waals surface area contributed by atoms with E-state index in [1.54, 1.807) is 24.3 Å². The molecule has 2 heterocycles. The van der Waals surface area contributed by atoms with Crippen molar-refractivity contribution in [2.45, 2.75) is 19.4 Å². The van der Waals surface area contributed by atoms with Crippen molar-refractivity contribution in [3.63, 3.8) is 0 Å². The summed E-state index contributed by atoms with van der Waals surface area (Å²) in [5, 5.41) is 3.20. The third-order valence-electron chi connectivity index (χ3n) is 4.48. The van der Waals surface area contributed by atoms with Gasteiger partial charge < -0.3 is 14.8 Å². The van der Waals surface area contributed by atoms with E-state index >= 15 is 0 Å². The van der Waals surface area contributed by atoms with E-state index < -0.39 is 5.54 Å². The predicted octanol–water partition coefficient (Wildman–Crippen LogP) is 2.70. The zero-order valence-electron chi connectivity index (χ0n) is 14.5. The first-order chi connectivity index (χ1) is 12.5. The molecule has 4 rings (SSSR count). The fourth-order valence-corrected chi connectivity index (χ4v) is 3.08. The first-order valence-corrected chi connectivity index (χ1v) is 8.29. The molecule has 2 amide bonds. The molecule has 0 aliphatic carbocycles. The summed E-state index contributed by atoms with van der Waals surface area (Å²) in [4.78, 5) is 26.2. The van der Waals surface area contributed by atoms with Crippen molar-refractivity contribution in [2.24, 2.45) is 0 Å². The number of amides is 2. The van der Waals surface area contributed by atoms with Gasteiger partial charge in [0.2, 0.25) is 6.79 Å². The van der Waals surface area contributed by atoms with E-state index in [2.05, 4.69) is 5.32 Å². The van der Waals surface area contributed by atoms with Gasteiger partial charge >= 0.3 is 0 Å². The van der Waals surface area contributed by atoms with E-state index in [0.29, 0.717) is 17.2 Å². The summed E-state index contributed by atoms with van der Waals surface area (Å²) in [7, 11) is 0. The van der Waals surface area contributed by atoms with E-state index in [9.17, 15) is 9.59 Å². The van der Waals surface area contributed by atoms with E-state index in [1.165, 1.54) is 6.08 Å². The number of fused-ring (bicyclic) bond motifs is 1. The molecule has 6 nitrogen and oxygen atoms in total. The number of benzene rings is 2. The summed E-state index contributed by atoms with van der Waals surface area (Å²) in [6.07, 6.45) is 1.34. The number of imide groups is 1. The minimum atomic E-state index is -0.588. The Morgan fingerprint density at radius 1 is 1.00 bits per heavy atom. The summed E-state index contributed by atoms with van der Waals surface area (Å²) in [6, 6.07) is 14.5. The van der Waals surface area contributed by atoms with Gasteiger partial charge in [-0.3, -0.25) is 9.59 Å². The highest BCUT2D eigenvalue weighted by Crippen LogP contribution is 2.36. The van der Waals surface area contributed by atoms with Gasteiger partial charge in [-0.2, -0.15) is 0 Å². The Bertz CT molecular complexity index is 919. The van der Waals surface area contributed by atoms with Crippen LogP contribution in [-0.4, -0.2) is 18.6 Å². The zero-order chi connectivity index (χ0) is 18.3. The minimum absolute atomic E-state index is 0.205. The Hall–Kier alpha value is -3.28. The molecular formula is C20H18N2O4. The van der Waals surface area contributed by atoms with E-state index in [0.717, 1.165) is 10.5 Å². The zero-order valence-corrected chi connectivity index (χ0v) is 14.5. The number of ether oxygens (including phenoxy) is 2. The molecule has 0 fully saturated rings. The number of anilines is 1. The monoisotopic (exact) mass is 350 g/mol. The first-order valence-electron chi connectivity index (χ1n) is 8.29. The maximum atomic E-state index is 12.7. The van der Waals surface area contributed by atoms with Crippen LogP contribution in [0.3, 0.4) is 0 Å². The van der Waals surface area contributed by atoms with Crippen LogP contribution >= 0.6 is 0 Å². The largest absolute Gasteiger partial charge is 0.454 e. The van der Waals surface area contributed by atoms with Crippen LogP contribution in [0, 0.1) is 0 Å². The molecule has 0 bridgehead atoms. The Morgan fingerprint density at radius 3 is 2.50 bits per heavy atom. The number of para-hydroxylation sites is 1. The average molecular weight is 350 g/mol. The minimum Gasteiger partial charge on any atom is -0.454 e. The van der Waals surface area contributed by atoms with Crippen LogP contribution in [0.2, 0.25) is 0 Å². The Morgan fingerprint density at radius 2 is 1.73 bits per heavy atom. The molecule has 0 radical (unpaired) electrons. The molecule has 2 aliphatic rings. The summed E-state index contributed by atoms with van der Waals surface area (Å²) in [5.41, 5.74) is 1.15. The Kier molecular flexibility index (Phi) is 3.68. The molecule has 0 atom stereocenters. The third kappa shape index (κ3) is 2.69. The topological polar surface area (TPSA) is 67.9 Å². The summed E-state index contributed by atoms with van der Waals surface area (Å²) < 4.78 is 10.8. The molecule has 2 aliphatic heterocycles. The fourth-order valence-electron chi connectivity index (χ4n) is 3.08. The number of rotatable bonds is 4. The molecule has 0 spiro atoms. The van der Waals surface area contributed by atoms with Crippen molar-refractivity contribution >= 4 is 17.5 Å². The average Bonchev–Trinajstić information content (AvgIpc) is 3.19. The molecule has 2 aromatic carbocycles. The predicted molar refractivity (Wildman–Crippen MR) is 95.7 cm³/mol. The molecule has 132 valence electrons. The van der Waals surface area contributed by atoms with Crippen LogP contribution in [-0.2, 0) is 15.1 Å². The fraction of sp³-hybridized carbons (Fsp3) is 0.200. The lowest BCUT2D eigenvalue weighted by Crippen LogP contribution is -2.40. The molecule has 26 heavy (non-hydrogen) atoms. The van der Waals surface area contributed by atoms with Crippen LogP contribution in [0.25, 0.3) is 0 Å². The number of nitrogens with one attached hydrogen (secondary N) is 1. The Balaban J connectivity index is 1.58. The molecule has 6 heteroatoms. The van der Waals surface area contributed by atoms with Crippen molar-refractivity contribution in [1.29, 1.82) is 0 Å². The van der Waals surface area contributed by atoms with Gasteiger partial charge in [0.25, 0.3) is 11.8 Å². The smallest absolute Gasteiger partial charge is 0.281 e. The van der Waals surface area contributed by atoms with E-state index in [4.69, 9.17) is 9.47 Å². The maximum Gasteiger partial charge on any atom is 0.281 e. The third-order valence-corrected chi connectivity index (χ3v) is 4.48. The number of hydrogen-bond acceptors (Lipinski definition) is 5. The summed E-state index contributed by atoms with van der Waals surface area (Å²) >= 11 is 0. The van der Waals surface area contributed by atoms with Gasteiger partial charge in [0.15, 0.2) is 11.5 Å². The van der Waals surface area contributed by atoms with Gasteiger partial charge in [-0.05, 0) is 43.7 Å². The lowest BCUT2D eigenvalue weighted by atomic mass is 9.93. The van der Waals surface area contributed by atoms with Gasteiger partial charge in [0, 0.05) is 6.08 Å². The molecule has 0 unspecified atom stereocenters. The molecular weight excluding hydrogens is 332 g/mol.